The summed E-state index contributed by atoms with van der Waals surface area (Å²) in [6.45, 7) is 2.31. The van der Waals surface area contributed by atoms with Crippen LogP contribution in [0.25, 0.3) is 0 Å². The standard InChI is InChI=1S/C31H26BNOP/c1-24(33-29-21-11-12-22-30(29)34-32(33)25-14-5-2-6-15-25)28-20-13-23-31(28)35(26-16-7-3-8-17-26)27-18-9-4-10-19-27/h2-24H,1H3/t24-/m0/s1. The summed E-state index contributed by atoms with van der Waals surface area (Å²) in [6, 6.07) is 40.9. The predicted octanol–water partition coefficient (Wildman–Crippen LogP) is 5.54. The van der Waals surface area contributed by atoms with Gasteiger partial charge in [-0.15, -0.1) is 0 Å². The van der Waals surface area contributed by atoms with Crippen LogP contribution in [0.5, 0.6) is 5.75 Å². The summed E-state index contributed by atoms with van der Waals surface area (Å²) in [5.41, 5.74) is 3.71. The van der Waals surface area contributed by atoms with Crippen LogP contribution in [0.1, 0.15) is 6.92 Å². The van der Waals surface area contributed by atoms with E-state index in [1.54, 1.807) is 0 Å². The monoisotopic (exact) mass is 470 g/mol. The smallest absolute Gasteiger partial charge is 0.519 e. The van der Waals surface area contributed by atoms with E-state index in [0.717, 1.165) is 16.9 Å². The fourth-order valence-corrected chi connectivity index (χ4v) is 7.59. The van der Waals surface area contributed by atoms with Crippen molar-refractivity contribution in [3.8, 4) is 5.75 Å². The van der Waals surface area contributed by atoms with E-state index in [4.69, 9.17) is 4.65 Å². The average molecular weight is 470 g/mol. The topological polar surface area (TPSA) is 12.5 Å². The Morgan fingerprint density at radius 3 is 1.91 bits per heavy atom. The molecule has 0 N–H and O–H groups in total. The lowest BCUT2D eigenvalue weighted by Gasteiger charge is -2.38. The van der Waals surface area contributed by atoms with E-state index in [1.807, 2.05) is 6.07 Å². The summed E-state index contributed by atoms with van der Waals surface area (Å²) in [6.07, 6.45) is 6.82. The molecule has 1 atom stereocenters. The molecule has 5 radical (unpaired) electrons. The average Bonchev–Trinajstić information content (AvgIpc) is 3.56. The van der Waals surface area contributed by atoms with Crippen molar-refractivity contribution in [3.05, 3.63) is 146 Å². The molecule has 6 rings (SSSR count). The van der Waals surface area contributed by atoms with Gasteiger partial charge in [-0.05, 0) is 62.3 Å². The van der Waals surface area contributed by atoms with Crippen molar-refractivity contribution in [2.24, 2.45) is 0 Å². The molecule has 0 amide bonds. The Balaban J connectivity index is 1.39. The lowest BCUT2D eigenvalue weighted by Crippen LogP contribution is -2.55. The first kappa shape index (κ1) is 22.4. The van der Waals surface area contributed by atoms with Crippen molar-refractivity contribution in [1.29, 1.82) is 0 Å². The van der Waals surface area contributed by atoms with Gasteiger partial charge in [0.2, 0.25) is 0 Å². The first-order valence-electron chi connectivity index (χ1n) is 12.1. The van der Waals surface area contributed by atoms with Gasteiger partial charge in [0.05, 0.1) is 5.69 Å². The first-order valence-corrected chi connectivity index (χ1v) is 13.4. The third-order valence-electron chi connectivity index (χ3n) is 6.68. The third kappa shape index (κ3) is 4.28. The zero-order valence-electron chi connectivity index (χ0n) is 19.7. The van der Waals surface area contributed by atoms with Crippen molar-refractivity contribution >= 4 is 36.7 Å². The van der Waals surface area contributed by atoms with Gasteiger partial charge in [-0.1, -0.05) is 103 Å². The van der Waals surface area contributed by atoms with Crippen LogP contribution >= 0.6 is 7.92 Å². The Labute approximate surface area is 210 Å². The quantitative estimate of drug-likeness (QED) is 0.271. The number of benzene rings is 4. The number of hydrogen-bond acceptors (Lipinski definition) is 2. The molecule has 2 nitrogen and oxygen atoms in total. The molecule has 0 bridgehead atoms. The highest BCUT2D eigenvalue weighted by atomic mass is 31.1. The molecule has 0 saturated heterocycles. The van der Waals surface area contributed by atoms with E-state index in [1.165, 1.54) is 22.2 Å². The first-order chi connectivity index (χ1) is 17.3. The highest BCUT2D eigenvalue weighted by Crippen LogP contribution is 2.58. The fraction of sp³-hybridized carbons (Fsp3) is 0.0645. The minimum Gasteiger partial charge on any atom is -0.536 e. The second-order valence-electron chi connectivity index (χ2n) is 8.80. The van der Waals surface area contributed by atoms with Crippen LogP contribution in [-0.4, -0.2) is 13.1 Å². The molecular weight excluding hydrogens is 444 g/mol. The molecule has 0 unspecified atom stereocenters. The van der Waals surface area contributed by atoms with Gasteiger partial charge in [-0.2, -0.15) is 0 Å². The summed E-state index contributed by atoms with van der Waals surface area (Å²) in [4.78, 5) is 2.44. The van der Waals surface area contributed by atoms with Crippen LogP contribution in [0.4, 0.5) is 5.69 Å². The lowest BCUT2D eigenvalue weighted by atomic mass is 9.70. The Kier molecular flexibility index (Phi) is 6.36. The third-order valence-corrected chi connectivity index (χ3v) is 9.20. The Morgan fingerprint density at radius 1 is 0.686 bits per heavy atom. The van der Waals surface area contributed by atoms with E-state index in [-0.39, 0.29) is 13.1 Å². The molecule has 1 aliphatic heterocycles. The van der Waals surface area contributed by atoms with Crippen LogP contribution in [0.2, 0.25) is 0 Å². The van der Waals surface area contributed by atoms with Crippen molar-refractivity contribution < 1.29 is 4.65 Å². The summed E-state index contributed by atoms with van der Waals surface area (Å²) in [5, 5.41) is 2.73. The number of nitrogens with zero attached hydrogens (tertiary/aromatic N) is 1. The summed E-state index contributed by atoms with van der Waals surface area (Å²) >= 11 is 0. The molecule has 4 aromatic carbocycles. The van der Waals surface area contributed by atoms with E-state index in [2.05, 4.69) is 140 Å². The SMILES string of the molecule is C[C@@H]([C]1[CH][CH][CH][C]1P(c1ccccc1)c1ccccc1)N1B(c2ccccc2)Oc2ccccc21. The normalized spacial score (nSPS) is 17.0. The molecule has 1 saturated carbocycles. The van der Waals surface area contributed by atoms with Gasteiger partial charge < -0.3 is 9.47 Å². The Morgan fingerprint density at radius 2 is 1.26 bits per heavy atom. The number of para-hydroxylation sites is 2. The molecule has 169 valence electrons. The van der Waals surface area contributed by atoms with Gasteiger partial charge in [0, 0.05) is 17.6 Å². The van der Waals surface area contributed by atoms with Crippen LogP contribution < -0.4 is 25.5 Å². The van der Waals surface area contributed by atoms with E-state index in [0.29, 0.717) is 0 Å². The summed E-state index contributed by atoms with van der Waals surface area (Å²) in [7, 11) is -0.841. The molecule has 4 aromatic rings. The number of anilines is 1. The van der Waals surface area contributed by atoms with Gasteiger partial charge in [-0.25, -0.2) is 0 Å². The second-order valence-corrected chi connectivity index (χ2v) is 11.0. The number of hydrogen-bond donors (Lipinski definition) is 0. The van der Waals surface area contributed by atoms with Crippen LogP contribution in [0.15, 0.2) is 115 Å². The highest BCUT2D eigenvalue weighted by molar-refractivity contribution is 7.76. The number of rotatable bonds is 6. The van der Waals surface area contributed by atoms with Gasteiger partial charge in [-0.3, -0.25) is 0 Å². The van der Waals surface area contributed by atoms with Crippen molar-refractivity contribution in [1.82, 2.24) is 0 Å². The molecule has 35 heavy (non-hydrogen) atoms. The maximum atomic E-state index is 6.53. The second kappa shape index (κ2) is 9.92. The van der Waals surface area contributed by atoms with E-state index >= 15 is 0 Å². The number of fused-ring (bicyclic) bond motifs is 1. The maximum absolute atomic E-state index is 6.53. The van der Waals surface area contributed by atoms with E-state index in [9.17, 15) is 0 Å². The molecule has 0 aromatic heterocycles. The highest BCUT2D eigenvalue weighted by Gasteiger charge is 2.47. The van der Waals surface area contributed by atoms with Crippen molar-refractivity contribution in [2.45, 2.75) is 13.0 Å². The largest absolute Gasteiger partial charge is 0.536 e. The maximum Gasteiger partial charge on any atom is 0.519 e. The van der Waals surface area contributed by atoms with Crippen LogP contribution in [-0.2, 0) is 0 Å². The zero-order valence-corrected chi connectivity index (χ0v) is 20.6. The summed E-state index contributed by atoms with van der Waals surface area (Å²) < 4.78 is 6.53. The molecule has 1 aliphatic carbocycles. The van der Waals surface area contributed by atoms with Crippen molar-refractivity contribution in [3.63, 3.8) is 0 Å². The minimum atomic E-state index is -0.680. The van der Waals surface area contributed by atoms with Gasteiger partial charge in [0.1, 0.15) is 5.75 Å². The summed E-state index contributed by atoms with van der Waals surface area (Å²) in [5.74, 6) is 2.29. The Bertz CT molecular complexity index is 1210. The molecule has 2 aliphatic rings. The van der Waals surface area contributed by atoms with E-state index < -0.39 is 7.92 Å². The molecule has 1 fully saturated rings. The van der Waals surface area contributed by atoms with Gasteiger partial charge >= 0.3 is 7.05 Å². The van der Waals surface area contributed by atoms with Gasteiger partial charge in [0.25, 0.3) is 0 Å². The lowest BCUT2D eigenvalue weighted by molar-refractivity contribution is 0.596. The zero-order chi connectivity index (χ0) is 23.6. The van der Waals surface area contributed by atoms with Gasteiger partial charge in [0.15, 0.2) is 0 Å². The van der Waals surface area contributed by atoms with Crippen LogP contribution in [0.3, 0.4) is 0 Å². The van der Waals surface area contributed by atoms with Crippen molar-refractivity contribution in [2.75, 3.05) is 4.81 Å². The van der Waals surface area contributed by atoms with Crippen LogP contribution in [0, 0.1) is 30.8 Å². The fourth-order valence-electron chi connectivity index (χ4n) is 5.04. The predicted molar refractivity (Wildman–Crippen MR) is 149 cm³/mol. The molecule has 0 spiro atoms. The minimum absolute atomic E-state index is 0.131. The molecule has 4 heteroatoms. The molecule has 1 heterocycles. The Hall–Kier alpha value is -3.03. The molecular formula is C31H26BNOP.